The second-order valence-electron chi connectivity index (χ2n) is 7.15. The summed E-state index contributed by atoms with van der Waals surface area (Å²) < 4.78 is 2.35. The van der Waals surface area contributed by atoms with Gasteiger partial charge in [-0.3, -0.25) is 0 Å². The van der Waals surface area contributed by atoms with Gasteiger partial charge in [0.1, 0.15) is 0 Å². The van der Waals surface area contributed by atoms with Crippen LogP contribution in [0.1, 0.15) is 57.7 Å². The van der Waals surface area contributed by atoms with E-state index in [4.69, 9.17) is 0 Å². The maximum Gasteiger partial charge on any atom is 0.0961 e. The number of aromatic nitrogens is 2. The molecule has 1 aromatic heterocycles. The number of aryl methyl sites for hydroxylation is 2. The minimum atomic E-state index is 0.148. The fourth-order valence-electron chi connectivity index (χ4n) is 2.67. The Kier molecular flexibility index (Phi) is 4.72. The number of fused-ring (bicyclic) bond motifs is 1. The van der Waals surface area contributed by atoms with E-state index in [1.54, 1.807) is 0 Å². The third-order valence-electron chi connectivity index (χ3n) is 4.07. The Balaban J connectivity index is 2.33. The van der Waals surface area contributed by atoms with Crippen molar-refractivity contribution in [1.82, 2.24) is 14.9 Å². The number of nitrogens with one attached hydrogen (secondary N) is 1. The van der Waals surface area contributed by atoms with Crippen molar-refractivity contribution < 1.29 is 0 Å². The second kappa shape index (κ2) is 6.18. The van der Waals surface area contributed by atoms with Crippen LogP contribution in [0, 0.1) is 13.8 Å². The summed E-state index contributed by atoms with van der Waals surface area (Å²) in [5, 5.41) is 3.64. The highest BCUT2D eigenvalue weighted by molar-refractivity contribution is 5.77. The van der Waals surface area contributed by atoms with Crippen molar-refractivity contribution in [3.8, 4) is 0 Å². The zero-order valence-electron chi connectivity index (χ0n) is 14.3. The molecule has 0 aliphatic carbocycles. The van der Waals surface area contributed by atoms with Gasteiger partial charge < -0.3 is 9.88 Å². The lowest BCUT2D eigenvalue weighted by atomic mass is 10.1. The summed E-state index contributed by atoms with van der Waals surface area (Å²) in [5.41, 5.74) is 5.16. The molecule has 116 valence electrons. The predicted molar refractivity (Wildman–Crippen MR) is 90.9 cm³/mol. The molecule has 2 aromatic rings. The van der Waals surface area contributed by atoms with Gasteiger partial charge in [0.25, 0.3) is 0 Å². The molecule has 0 aliphatic heterocycles. The van der Waals surface area contributed by atoms with E-state index in [1.165, 1.54) is 29.5 Å². The average molecular weight is 287 g/mol. The largest absolute Gasteiger partial charge is 0.326 e. The fraction of sp³-hybridized carbons (Fsp3) is 0.611. The SMILES string of the molecule is CCCC(CNC(C)(C)C)n1cnc2cc(C)c(C)cc21. The fourth-order valence-corrected chi connectivity index (χ4v) is 2.67. The lowest BCUT2D eigenvalue weighted by Crippen LogP contribution is -2.39. The van der Waals surface area contributed by atoms with Gasteiger partial charge in [-0.05, 0) is 64.3 Å². The highest BCUT2D eigenvalue weighted by atomic mass is 15.1. The first-order chi connectivity index (χ1) is 9.81. The van der Waals surface area contributed by atoms with Gasteiger partial charge in [-0.1, -0.05) is 13.3 Å². The first-order valence-electron chi connectivity index (χ1n) is 8.00. The van der Waals surface area contributed by atoms with Crippen LogP contribution >= 0.6 is 0 Å². The third-order valence-corrected chi connectivity index (χ3v) is 4.07. The quantitative estimate of drug-likeness (QED) is 0.884. The van der Waals surface area contributed by atoms with Crippen molar-refractivity contribution in [1.29, 1.82) is 0 Å². The van der Waals surface area contributed by atoms with Gasteiger partial charge in [0, 0.05) is 18.1 Å². The smallest absolute Gasteiger partial charge is 0.0961 e. The first kappa shape index (κ1) is 16.0. The summed E-state index contributed by atoms with van der Waals surface area (Å²) in [5.74, 6) is 0. The molecule has 1 atom stereocenters. The maximum absolute atomic E-state index is 4.60. The first-order valence-corrected chi connectivity index (χ1v) is 8.00. The summed E-state index contributed by atoms with van der Waals surface area (Å²) in [7, 11) is 0. The zero-order valence-corrected chi connectivity index (χ0v) is 14.3. The monoisotopic (exact) mass is 287 g/mol. The predicted octanol–water partition coefficient (Wildman–Crippen LogP) is 4.38. The molecule has 0 saturated heterocycles. The summed E-state index contributed by atoms with van der Waals surface area (Å²) in [6.45, 7) is 14.2. The van der Waals surface area contributed by atoms with Crippen molar-refractivity contribution in [2.45, 2.75) is 66.0 Å². The molecule has 21 heavy (non-hydrogen) atoms. The van der Waals surface area contributed by atoms with E-state index in [9.17, 15) is 0 Å². The van der Waals surface area contributed by atoms with Crippen LogP contribution in [0.2, 0.25) is 0 Å². The molecule has 3 nitrogen and oxygen atoms in total. The van der Waals surface area contributed by atoms with Crippen LogP contribution in [0.5, 0.6) is 0 Å². The van der Waals surface area contributed by atoms with E-state index in [0.29, 0.717) is 6.04 Å². The van der Waals surface area contributed by atoms with E-state index in [2.05, 4.69) is 68.5 Å². The Morgan fingerprint density at radius 3 is 2.48 bits per heavy atom. The minimum Gasteiger partial charge on any atom is -0.326 e. The van der Waals surface area contributed by atoms with E-state index >= 15 is 0 Å². The molecule has 0 fully saturated rings. The molecular weight excluding hydrogens is 258 g/mol. The molecule has 0 amide bonds. The summed E-state index contributed by atoms with van der Waals surface area (Å²) >= 11 is 0. The zero-order chi connectivity index (χ0) is 15.6. The summed E-state index contributed by atoms with van der Waals surface area (Å²) in [4.78, 5) is 4.60. The number of nitrogens with zero attached hydrogens (tertiary/aromatic N) is 2. The lowest BCUT2D eigenvalue weighted by molar-refractivity contribution is 0.357. The Morgan fingerprint density at radius 2 is 1.86 bits per heavy atom. The van der Waals surface area contributed by atoms with Gasteiger partial charge in [0.15, 0.2) is 0 Å². The van der Waals surface area contributed by atoms with Crippen molar-refractivity contribution in [3.05, 3.63) is 29.6 Å². The van der Waals surface area contributed by atoms with Gasteiger partial charge in [0.05, 0.1) is 17.4 Å². The highest BCUT2D eigenvalue weighted by Gasteiger charge is 2.17. The Hall–Kier alpha value is -1.35. The van der Waals surface area contributed by atoms with Crippen molar-refractivity contribution in [2.75, 3.05) is 6.54 Å². The van der Waals surface area contributed by atoms with Crippen molar-refractivity contribution >= 4 is 11.0 Å². The van der Waals surface area contributed by atoms with E-state index in [1.807, 2.05) is 6.33 Å². The number of imidazole rings is 1. The van der Waals surface area contributed by atoms with Crippen LogP contribution in [0.25, 0.3) is 11.0 Å². The molecule has 1 N–H and O–H groups in total. The summed E-state index contributed by atoms with van der Waals surface area (Å²) in [6, 6.07) is 4.93. The van der Waals surface area contributed by atoms with Gasteiger partial charge in [-0.15, -0.1) is 0 Å². The molecular formula is C18H29N3. The molecule has 2 rings (SSSR count). The molecule has 0 bridgehead atoms. The van der Waals surface area contributed by atoms with Crippen LogP contribution in [0.15, 0.2) is 18.5 Å². The van der Waals surface area contributed by atoms with Crippen molar-refractivity contribution in [2.24, 2.45) is 0 Å². The lowest BCUT2D eigenvalue weighted by Gasteiger charge is -2.26. The Bertz CT molecular complexity index is 605. The van der Waals surface area contributed by atoms with Crippen LogP contribution < -0.4 is 5.32 Å². The van der Waals surface area contributed by atoms with Gasteiger partial charge in [0.2, 0.25) is 0 Å². The normalized spacial score (nSPS) is 13.8. The Morgan fingerprint density at radius 1 is 1.19 bits per heavy atom. The van der Waals surface area contributed by atoms with Crippen molar-refractivity contribution in [3.63, 3.8) is 0 Å². The molecule has 1 aromatic carbocycles. The van der Waals surface area contributed by atoms with E-state index < -0.39 is 0 Å². The van der Waals surface area contributed by atoms with Crippen LogP contribution in [0.4, 0.5) is 0 Å². The third kappa shape index (κ3) is 3.85. The number of hydrogen-bond acceptors (Lipinski definition) is 2. The minimum absolute atomic E-state index is 0.148. The molecule has 1 heterocycles. The molecule has 3 heteroatoms. The number of hydrogen-bond donors (Lipinski definition) is 1. The number of benzene rings is 1. The number of rotatable bonds is 5. The second-order valence-corrected chi connectivity index (χ2v) is 7.15. The Labute approximate surface area is 128 Å². The van der Waals surface area contributed by atoms with Gasteiger partial charge >= 0.3 is 0 Å². The van der Waals surface area contributed by atoms with Crippen LogP contribution in [-0.2, 0) is 0 Å². The molecule has 0 aliphatic rings. The van der Waals surface area contributed by atoms with Gasteiger partial charge in [-0.2, -0.15) is 0 Å². The standard InChI is InChI=1S/C18H29N3/c1-7-8-15(11-20-18(4,5)6)21-12-19-16-9-13(2)14(3)10-17(16)21/h9-10,12,15,20H,7-8,11H2,1-6H3. The highest BCUT2D eigenvalue weighted by Crippen LogP contribution is 2.24. The molecule has 0 spiro atoms. The van der Waals surface area contributed by atoms with E-state index in [-0.39, 0.29) is 5.54 Å². The molecule has 0 saturated carbocycles. The molecule has 1 unspecified atom stereocenters. The molecule has 0 radical (unpaired) electrons. The summed E-state index contributed by atoms with van der Waals surface area (Å²) in [6.07, 6.45) is 4.36. The van der Waals surface area contributed by atoms with Crippen LogP contribution in [-0.4, -0.2) is 21.6 Å². The van der Waals surface area contributed by atoms with Crippen LogP contribution in [0.3, 0.4) is 0 Å². The topological polar surface area (TPSA) is 29.9 Å². The average Bonchev–Trinajstić information content (AvgIpc) is 2.77. The maximum atomic E-state index is 4.60. The van der Waals surface area contributed by atoms with E-state index in [0.717, 1.165) is 12.1 Å². The van der Waals surface area contributed by atoms with Gasteiger partial charge in [-0.25, -0.2) is 4.98 Å².